The summed E-state index contributed by atoms with van der Waals surface area (Å²) in [5.74, 6) is 0.615. The zero-order valence-corrected chi connectivity index (χ0v) is 12.7. The second-order valence-electron chi connectivity index (χ2n) is 5.82. The monoisotopic (exact) mass is 256 g/mol. The summed E-state index contributed by atoms with van der Waals surface area (Å²) in [6.45, 7) is 8.83. The number of carbonyl (C=O) groups is 1. The van der Waals surface area contributed by atoms with Crippen molar-refractivity contribution >= 4 is 5.97 Å². The molecule has 0 aromatic carbocycles. The summed E-state index contributed by atoms with van der Waals surface area (Å²) in [4.78, 5) is 11.3. The number of carboxylic acids is 1. The second-order valence-corrected chi connectivity index (χ2v) is 5.82. The molecule has 0 aromatic heterocycles. The molecule has 0 heterocycles. The summed E-state index contributed by atoms with van der Waals surface area (Å²) >= 11 is 0. The van der Waals surface area contributed by atoms with Crippen molar-refractivity contribution in [2.45, 2.75) is 79.1 Å². The van der Waals surface area contributed by atoms with Crippen molar-refractivity contribution in [2.75, 3.05) is 0 Å². The first kappa shape index (κ1) is 17.5. The van der Waals surface area contributed by atoms with Gasteiger partial charge in [0.15, 0.2) is 0 Å². The van der Waals surface area contributed by atoms with Crippen molar-refractivity contribution in [1.29, 1.82) is 0 Å². The predicted octanol–water partition coefficient (Wildman–Crippen LogP) is 5.12. The lowest BCUT2D eigenvalue weighted by molar-refractivity contribution is -0.142. The minimum absolute atomic E-state index is 0.120. The molecule has 0 aliphatic heterocycles. The van der Waals surface area contributed by atoms with E-state index in [1.165, 1.54) is 25.7 Å². The Morgan fingerprint density at radius 3 is 2.17 bits per heavy atom. The van der Waals surface area contributed by atoms with Gasteiger partial charge < -0.3 is 5.11 Å². The minimum Gasteiger partial charge on any atom is -0.481 e. The van der Waals surface area contributed by atoms with Gasteiger partial charge in [0.25, 0.3) is 0 Å². The highest BCUT2D eigenvalue weighted by molar-refractivity contribution is 5.69. The number of rotatable bonds is 11. The molecule has 0 saturated heterocycles. The number of aliphatic carboxylic acids is 1. The van der Waals surface area contributed by atoms with Gasteiger partial charge in [-0.15, -0.1) is 0 Å². The highest BCUT2D eigenvalue weighted by atomic mass is 16.4. The van der Waals surface area contributed by atoms with Crippen LogP contribution in [0.5, 0.6) is 0 Å². The predicted molar refractivity (Wildman–Crippen MR) is 77.7 cm³/mol. The van der Waals surface area contributed by atoms with Gasteiger partial charge in [0, 0.05) is 0 Å². The minimum atomic E-state index is -0.589. The van der Waals surface area contributed by atoms with Crippen LogP contribution in [-0.4, -0.2) is 11.1 Å². The molecule has 2 nitrogen and oxygen atoms in total. The molecule has 0 rings (SSSR count). The summed E-state index contributed by atoms with van der Waals surface area (Å²) in [5, 5.41) is 9.31. The molecule has 0 saturated carbocycles. The van der Waals surface area contributed by atoms with Crippen LogP contribution in [0.2, 0.25) is 0 Å². The second kappa shape index (κ2) is 10.4. The molecular weight excluding hydrogens is 224 g/mol. The molecule has 2 heteroatoms. The number of unbranched alkanes of at least 4 members (excludes halogenated alkanes) is 1. The Balaban J connectivity index is 4.35. The molecule has 1 N–H and O–H groups in total. The van der Waals surface area contributed by atoms with E-state index in [1.54, 1.807) is 0 Å². The van der Waals surface area contributed by atoms with Crippen LogP contribution in [0.4, 0.5) is 0 Å². The van der Waals surface area contributed by atoms with Crippen molar-refractivity contribution in [3.63, 3.8) is 0 Å². The lowest BCUT2D eigenvalue weighted by atomic mass is 9.82. The molecule has 3 unspecified atom stereocenters. The normalized spacial score (nSPS) is 16.2. The topological polar surface area (TPSA) is 37.3 Å². The van der Waals surface area contributed by atoms with Gasteiger partial charge in [-0.1, -0.05) is 59.8 Å². The first-order chi connectivity index (χ1) is 8.54. The van der Waals surface area contributed by atoms with E-state index in [2.05, 4.69) is 27.7 Å². The largest absolute Gasteiger partial charge is 0.481 e. The fourth-order valence-electron chi connectivity index (χ4n) is 2.67. The Morgan fingerprint density at radius 1 is 1.06 bits per heavy atom. The zero-order chi connectivity index (χ0) is 14.0. The van der Waals surface area contributed by atoms with Crippen molar-refractivity contribution < 1.29 is 9.90 Å². The standard InChI is InChI=1S/C16H32O2/c1-5-8-10-15(16(17)18)12-14(9-6-2)11-13(4)7-3/h13-15H,5-12H2,1-4H3,(H,17,18). The van der Waals surface area contributed by atoms with Crippen LogP contribution in [0, 0.1) is 17.8 Å². The van der Waals surface area contributed by atoms with E-state index in [1.807, 2.05) is 0 Å². The van der Waals surface area contributed by atoms with E-state index >= 15 is 0 Å². The summed E-state index contributed by atoms with van der Waals surface area (Å²) in [6, 6.07) is 0. The molecule has 0 radical (unpaired) electrons. The quantitative estimate of drug-likeness (QED) is 0.557. The third kappa shape index (κ3) is 7.73. The molecule has 0 aliphatic carbocycles. The van der Waals surface area contributed by atoms with Crippen LogP contribution in [0.25, 0.3) is 0 Å². The summed E-state index contributed by atoms with van der Waals surface area (Å²) in [5.41, 5.74) is 0. The van der Waals surface area contributed by atoms with E-state index in [9.17, 15) is 9.90 Å². The molecule has 0 aromatic rings. The van der Waals surface area contributed by atoms with E-state index in [0.717, 1.165) is 31.6 Å². The highest BCUT2D eigenvalue weighted by Gasteiger charge is 2.22. The summed E-state index contributed by atoms with van der Waals surface area (Å²) in [6.07, 6.45) is 8.61. The van der Waals surface area contributed by atoms with Gasteiger partial charge in [-0.25, -0.2) is 0 Å². The van der Waals surface area contributed by atoms with Crippen LogP contribution < -0.4 is 0 Å². The van der Waals surface area contributed by atoms with Gasteiger partial charge >= 0.3 is 5.97 Å². The first-order valence-electron chi connectivity index (χ1n) is 7.77. The van der Waals surface area contributed by atoms with Gasteiger partial charge in [-0.3, -0.25) is 4.79 Å². The molecule has 0 aliphatic rings. The van der Waals surface area contributed by atoms with E-state index in [4.69, 9.17) is 0 Å². The number of hydrogen-bond donors (Lipinski definition) is 1. The average Bonchev–Trinajstić information content (AvgIpc) is 2.33. The lowest BCUT2D eigenvalue weighted by Gasteiger charge is -2.23. The Morgan fingerprint density at radius 2 is 1.72 bits per heavy atom. The maximum absolute atomic E-state index is 11.3. The van der Waals surface area contributed by atoms with E-state index in [-0.39, 0.29) is 5.92 Å². The summed E-state index contributed by atoms with van der Waals surface area (Å²) in [7, 11) is 0. The smallest absolute Gasteiger partial charge is 0.306 e. The van der Waals surface area contributed by atoms with Crippen LogP contribution in [0.15, 0.2) is 0 Å². The van der Waals surface area contributed by atoms with Crippen molar-refractivity contribution in [1.82, 2.24) is 0 Å². The van der Waals surface area contributed by atoms with Crippen LogP contribution in [-0.2, 0) is 4.79 Å². The molecule has 108 valence electrons. The zero-order valence-electron chi connectivity index (χ0n) is 12.7. The Hall–Kier alpha value is -0.530. The van der Waals surface area contributed by atoms with E-state index < -0.39 is 5.97 Å². The van der Waals surface area contributed by atoms with Crippen LogP contribution in [0.3, 0.4) is 0 Å². The van der Waals surface area contributed by atoms with E-state index in [0.29, 0.717) is 5.92 Å². The first-order valence-corrected chi connectivity index (χ1v) is 7.77. The van der Waals surface area contributed by atoms with Crippen molar-refractivity contribution in [3.05, 3.63) is 0 Å². The third-order valence-corrected chi connectivity index (χ3v) is 4.00. The summed E-state index contributed by atoms with van der Waals surface area (Å²) < 4.78 is 0. The average molecular weight is 256 g/mol. The van der Waals surface area contributed by atoms with Crippen LogP contribution in [0.1, 0.15) is 79.1 Å². The molecular formula is C16H32O2. The molecule has 0 spiro atoms. The fourth-order valence-corrected chi connectivity index (χ4v) is 2.67. The number of carboxylic acid groups (broad SMARTS) is 1. The number of hydrogen-bond acceptors (Lipinski definition) is 1. The third-order valence-electron chi connectivity index (χ3n) is 4.00. The van der Waals surface area contributed by atoms with Crippen molar-refractivity contribution in [2.24, 2.45) is 17.8 Å². The van der Waals surface area contributed by atoms with Gasteiger partial charge in [0.2, 0.25) is 0 Å². The SMILES string of the molecule is CCCCC(CC(CCC)CC(C)CC)C(=O)O. The van der Waals surface area contributed by atoms with Gasteiger partial charge in [0.05, 0.1) is 5.92 Å². The highest BCUT2D eigenvalue weighted by Crippen LogP contribution is 2.28. The maximum atomic E-state index is 11.3. The molecule has 3 atom stereocenters. The molecule has 0 fully saturated rings. The molecule has 0 bridgehead atoms. The van der Waals surface area contributed by atoms with Gasteiger partial charge in [-0.2, -0.15) is 0 Å². The Labute approximate surface area is 113 Å². The lowest BCUT2D eigenvalue weighted by Crippen LogP contribution is -2.19. The Kier molecular flexibility index (Phi) is 10.1. The van der Waals surface area contributed by atoms with Crippen LogP contribution >= 0.6 is 0 Å². The Bertz CT molecular complexity index is 213. The molecule has 0 amide bonds. The van der Waals surface area contributed by atoms with Gasteiger partial charge in [0.1, 0.15) is 0 Å². The maximum Gasteiger partial charge on any atom is 0.306 e. The van der Waals surface area contributed by atoms with Gasteiger partial charge in [-0.05, 0) is 31.1 Å². The fraction of sp³-hybridized carbons (Fsp3) is 0.938. The van der Waals surface area contributed by atoms with Crippen molar-refractivity contribution in [3.8, 4) is 0 Å². The molecule has 18 heavy (non-hydrogen) atoms.